The Balaban J connectivity index is 1.63. The van der Waals surface area contributed by atoms with Crippen molar-refractivity contribution >= 4 is 34.5 Å². The van der Waals surface area contributed by atoms with Gasteiger partial charge in [0.25, 0.3) is 11.7 Å². The molecule has 2 aromatic carbocycles. The number of aliphatic hydroxyl groups is 1. The van der Waals surface area contributed by atoms with Gasteiger partial charge in [0, 0.05) is 22.2 Å². The second-order valence-corrected chi connectivity index (χ2v) is 8.58. The molecule has 0 saturated carbocycles. The lowest BCUT2D eigenvalue weighted by Gasteiger charge is -2.24. The fourth-order valence-corrected chi connectivity index (χ4v) is 4.78. The lowest BCUT2D eigenvalue weighted by atomic mass is 9.99. The second-order valence-electron chi connectivity index (χ2n) is 7.60. The van der Waals surface area contributed by atoms with Crippen LogP contribution in [0.2, 0.25) is 0 Å². The van der Waals surface area contributed by atoms with E-state index in [1.165, 1.54) is 16.2 Å². The average molecular weight is 464 g/mol. The Morgan fingerprint density at radius 2 is 1.97 bits per heavy atom. The van der Waals surface area contributed by atoms with Gasteiger partial charge < -0.3 is 19.3 Å². The van der Waals surface area contributed by atoms with Gasteiger partial charge in [-0.1, -0.05) is 25.1 Å². The van der Waals surface area contributed by atoms with Gasteiger partial charge in [-0.2, -0.15) is 0 Å². The largest absolute Gasteiger partial charge is 0.507 e. The molecule has 0 aliphatic carbocycles. The number of benzene rings is 2. The van der Waals surface area contributed by atoms with E-state index in [-0.39, 0.29) is 18.1 Å². The summed E-state index contributed by atoms with van der Waals surface area (Å²) in [5, 5.41) is 13.1. The van der Waals surface area contributed by atoms with Crippen LogP contribution in [-0.4, -0.2) is 30.2 Å². The van der Waals surface area contributed by atoms with Crippen LogP contribution in [0.3, 0.4) is 0 Å². The molecular formula is C25H21NO6S. The standard InChI is InChI=1S/C25H21NO6S/c1-2-10-30-17-6-3-5-15(12-17)23(27)21-22(20-7-4-11-33-20)26(25(29)24(21)28)16-8-9-18-19(13-16)32-14-31-18/h3-9,11-13,22,27H,2,10,14H2,1H3/b23-21-. The molecular weight excluding hydrogens is 442 g/mol. The molecule has 1 aromatic heterocycles. The molecule has 1 atom stereocenters. The number of rotatable bonds is 6. The Hall–Kier alpha value is -3.78. The van der Waals surface area contributed by atoms with Crippen molar-refractivity contribution in [3.63, 3.8) is 0 Å². The van der Waals surface area contributed by atoms with Crippen LogP contribution in [0.15, 0.2) is 65.6 Å². The number of ether oxygens (including phenoxy) is 3. The van der Waals surface area contributed by atoms with Crippen LogP contribution in [-0.2, 0) is 9.59 Å². The molecule has 7 nitrogen and oxygen atoms in total. The molecule has 33 heavy (non-hydrogen) atoms. The van der Waals surface area contributed by atoms with Gasteiger partial charge in [-0.25, -0.2) is 0 Å². The summed E-state index contributed by atoms with van der Waals surface area (Å²) < 4.78 is 16.5. The molecule has 1 amide bonds. The predicted octanol–water partition coefficient (Wildman–Crippen LogP) is 4.89. The van der Waals surface area contributed by atoms with Crippen molar-refractivity contribution in [2.24, 2.45) is 0 Å². The summed E-state index contributed by atoms with van der Waals surface area (Å²) in [4.78, 5) is 28.6. The van der Waals surface area contributed by atoms with Crippen molar-refractivity contribution in [2.75, 3.05) is 18.3 Å². The van der Waals surface area contributed by atoms with Gasteiger partial charge in [0.15, 0.2) is 11.5 Å². The molecule has 5 rings (SSSR count). The molecule has 0 radical (unpaired) electrons. The highest BCUT2D eigenvalue weighted by Gasteiger charge is 2.47. The summed E-state index contributed by atoms with van der Waals surface area (Å²) in [5.74, 6) is -0.0434. The van der Waals surface area contributed by atoms with Gasteiger partial charge in [-0.15, -0.1) is 11.3 Å². The third kappa shape index (κ3) is 3.72. The van der Waals surface area contributed by atoms with Gasteiger partial charge in [0.1, 0.15) is 17.6 Å². The second kappa shape index (κ2) is 8.63. The molecule has 2 aliphatic rings. The fourth-order valence-electron chi connectivity index (χ4n) is 3.96. The number of carbonyl (C=O) groups excluding carboxylic acids is 2. The van der Waals surface area contributed by atoms with Gasteiger partial charge in [0.2, 0.25) is 6.79 Å². The lowest BCUT2D eigenvalue weighted by Crippen LogP contribution is -2.29. The van der Waals surface area contributed by atoms with Crippen LogP contribution >= 0.6 is 11.3 Å². The van der Waals surface area contributed by atoms with E-state index in [0.29, 0.717) is 35.1 Å². The number of hydrogen-bond donors (Lipinski definition) is 1. The van der Waals surface area contributed by atoms with Crippen molar-refractivity contribution in [3.8, 4) is 17.2 Å². The smallest absolute Gasteiger partial charge is 0.300 e. The quantitative estimate of drug-likeness (QED) is 0.318. The summed E-state index contributed by atoms with van der Waals surface area (Å²) >= 11 is 1.41. The summed E-state index contributed by atoms with van der Waals surface area (Å²) in [6.45, 7) is 2.64. The summed E-state index contributed by atoms with van der Waals surface area (Å²) in [6.07, 6.45) is 0.842. The monoisotopic (exact) mass is 463 g/mol. The van der Waals surface area contributed by atoms with Crippen LogP contribution in [0, 0.1) is 0 Å². The molecule has 8 heteroatoms. The minimum Gasteiger partial charge on any atom is -0.507 e. The summed E-state index contributed by atoms with van der Waals surface area (Å²) in [5.41, 5.74) is 0.931. The maximum atomic E-state index is 13.2. The van der Waals surface area contributed by atoms with Crippen molar-refractivity contribution in [3.05, 3.63) is 76.0 Å². The maximum absolute atomic E-state index is 13.2. The average Bonchev–Trinajstić information content (AvgIpc) is 3.57. The Morgan fingerprint density at radius 1 is 1.12 bits per heavy atom. The minimum absolute atomic E-state index is 0.0350. The molecule has 3 heterocycles. The highest BCUT2D eigenvalue weighted by atomic mass is 32.1. The summed E-state index contributed by atoms with van der Waals surface area (Å²) in [6, 6.07) is 14.9. The first-order chi connectivity index (χ1) is 16.1. The van der Waals surface area contributed by atoms with Crippen molar-refractivity contribution in [1.82, 2.24) is 0 Å². The number of Topliss-reactive ketones (excluding diaryl/α,β-unsaturated/α-hetero) is 1. The molecule has 3 aromatic rings. The third-order valence-corrected chi connectivity index (χ3v) is 6.40. The van der Waals surface area contributed by atoms with Crippen molar-refractivity contribution in [2.45, 2.75) is 19.4 Å². The Labute approximate surface area is 194 Å². The number of ketones is 1. The molecule has 1 N–H and O–H groups in total. The SMILES string of the molecule is CCCOc1cccc(/C(O)=C2/C(=O)C(=O)N(c3ccc4c(c3)OCO4)C2c2cccs2)c1. The van der Waals surface area contributed by atoms with Crippen LogP contribution in [0.25, 0.3) is 5.76 Å². The molecule has 2 aliphatic heterocycles. The number of fused-ring (bicyclic) bond motifs is 1. The fraction of sp³-hybridized carbons (Fsp3) is 0.200. The van der Waals surface area contributed by atoms with E-state index in [4.69, 9.17) is 14.2 Å². The van der Waals surface area contributed by atoms with Crippen LogP contribution in [0.5, 0.6) is 17.2 Å². The number of thiophene rings is 1. The number of amides is 1. The lowest BCUT2D eigenvalue weighted by molar-refractivity contribution is -0.132. The van der Waals surface area contributed by atoms with Crippen LogP contribution in [0.1, 0.15) is 29.8 Å². The number of carbonyl (C=O) groups is 2. The van der Waals surface area contributed by atoms with Crippen LogP contribution in [0.4, 0.5) is 5.69 Å². The zero-order valence-corrected chi connectivity index (χ0v) is 18.6. The number of hydrogen-bond acceptors (Lipinski definition) is 7. The highest BCUT2D eigenvalue weighted by molar-refractivity contribution is 7.10. The van der Waals surface area contributed by atoms with E-state index in [9.17, 15) is 14.7 Å². The van der Waals surface area contributed by atoms with Gasteiger partial charge >= 0.3 is 0 Å². The molecule has 1 fully saturated rings. The predicted molar refractivity (Wildman–Crippen MR) is 124 cm³/mol. The molecule has 168 valence electrons. The Bertz CT molecular complexity index is 1250. The van der Waals surface area contributed by atoms with E-state index < -0.39 is 17.7 Å². The normalized spacial score (nSPS) is 18.7. The first-order valence-corrected chi connectivity index (χ1v) is 11.4. The minimum atomic E-state index is -0.773. The molecule has 1 saturated heterocycles. The number of nitrogens with zero attached hydrogens (tertiary/aromatic N) is 1. The van der Waals surface area contributed by atoms with Gasteiger partial charge in [-0.05, 0) is 42.1 Å². The van der Waals surface area contributed by atoms with Crippen molar-refractivity contribution < 1.29 is 28.9 Å². The maximum Gasteiger partial charge on any atom is 0.300 e. The number of anilines is 1. The van der Waals surface area contributed by atoms with E-state index in [2.05, 4.69) is 0 Å². The van der Waals surface area contributed by atoms with Crippen molar-refractivity contribution in [1.29, 1.82) is 0 Å². The van der Waals surface area contributed by atoms with Gasteiger partial charge in [-0.3, -0.25) is 14.5 Å². The topological polar surface area (TPSA) is 85.3 Å². The third-order valence-electron chi connectivity index (χ3n) is 5.47. The Kier molecular flexibility index (Phi) is 5.51. The van der Waals surface area contributed by atoms with E-state index in [0.717, 1.165) is 11.3 Å². The molecule has 1 unspecified atom stereocenters. The van der Waals surface area contributed by atoms with Gasteiger partial charge in [0.05, 0.1) is 12.2 Å². The molecule has 0 bridgehead atoms. The first kappa shape index (κ1) is 21.1. The zero-order valence-electron chi connectivity index (χ0n) is 17.8. The molecule has 0 spiro atoms. The summed E-state index contributed by atoms with van der Waals surface area (Å²) in [7, 11) is 0. The van der Waals surface area contributed by atoms with E-state index in [1.54, 1.807) is 42.5 Å². The number of aliphatic hydroxyl groups excluding tert-OH is 1. The highest BCUT2D eigenvalue weighted by Crippen LogP contribution is 2.46. The Morgan fingerprint density at radius 3 is 2.76 bits per heavy atom. The van der Waals surface area contributed by atoms with Crippen LogP contribution < -0.4 is 19.1 Å². The van der Waals surface area contributed by atoms with E-state index in [1.807, 2.05) is 24.4 Å². The van der Waals surface area contributed by atoms with E-state index >= 15 is 0 Å². The zero-order chi connectivity index (χ0) is 22.9. The first-order valence-electron chi connectivity index (χ1n) is 10.6.